The molecule has 1 aromatic carbocycles. The van der Waals surface area contributed by atoms with Crippen LogP contribution in [0, 0.1) is 17.8 Å². The number of likely N-dealkylation sites (tertiary alicyclic amines) is 1. The molecule has 1 N–H and O–H groups in total. The molecular weight excluding hydrogens is 246 g/mol. The lowest BCUT2D eigenvalue weighted by molar-refractivity contribution is 0.0322. The molecular formula is C18H29NO. The fourth-order valence-corrected chi connectivity index (χ4v) is 3.46. The van der Waals surface area contributed by atoms with Gasteiger partial charge < -0.3 is 5.11 Å². The van der Waals surface area contributed by atoms with Crippen molar-refractivity contribution in [2.75, 3.05) is 13.1 Å². The van der Waals surface area contributed by atoms with E-state index in [9.17, 15) is 5.11 Å². The second-order valence-corrected chi connectivity index (χ2v) is 6.88. The van der Waals surface area contributed by atoms with Crippen molar-refractivity contribution in [3.63, 3.8) is 0 Å². The van der Waals surface area contributed by atoms with E-state index in [0.717, 1.165) is 30.5 Å². The molecule has 1 aliphatic heterocycles. The predicted octanol–water partition coefficient (Wildman–Crippen LogP) is 3.72. The molecule has 20 heavy (non-hydrogen) atoms. The van der Waals surface area contributed by atoms with E-state index in [0.29, 0.717) is 5.92 Å². The fourth-order valence-electron chi connectivity index (χ4n) is 3.46. The van der Waals surface area contributed by atoms with Crippen molar-refractivity contribution in [2.45, 2.75) is 46.3 Å². The maximum absolute atomic E-state index is 10.8. The molecule has 1 saturated heterocycles. The summed E-state index contributed by atoms with van der Waals surface area (Å²) in [4.78, 5) is 2.51. The Kier molecular flexibility index (Phi) is 5.22. The Morgan fingerprint density at radius 2 is 1.75 bits per heavy atom. The molecule has 1 fully saturated rings. The van der Waals surface area contributed by atoms with E-state index < -0.39 is 0 Å². The van der Waals surface area contributed by atoms with Gasteiger partial charge in [-0.2, -0.15) is 0 Å². The number of hydrogen-bond donors (Lipinski definition) is 1. The van der Waals surface area contributed by atoms with Gasteiger partial charge in [0.25, 0.3) is 0 Å². The second kappa shape index (κ2) is 6.73. The van der Waals surface area contributed by atoms with Crippen LogP contribution in [0.3, 0.4) is 0 Å². The van der Waals surface area contributed by atoms with Gasteiger partial charge in [-0.1, -0.05) is 58.0 Å². The van der Waals surface area contributed by atoms with Gasteiger partial charge in [-0.25, -0.2) is 0 Å². The van der Waals surface area contributed by atoms with Gasteiger partial charge in [0.15, 0.2) is 0 Å². The Hall–Kier alpha value is -0.860. The molecule has 2 rings (SSSR count). The normalized spacial score (nSPS) is 23.4. The summed E-state index contributed by atoms with van der Waals surface area (Å²) in [6, 6.07) is 10.3. The van der Waals surface area contributed by atoms with Crippen LogP contribution in [0.5, 0.6) is 0 Å². The zero-order valence-corrected chi connectivity index (χ0v) is 13.3. The highest BCUT2D eigenvalue weighted by molar-refractivity contribution is 5.19. The first kappa shape index (κ1) is 15.5. The van der Waals surface area contributed by atoms with Crippen LogP contribution in [0.4, 0.5) is 0 Å². The third-order valence-electron chi connectivity index (χ3n) is 4.77. The van der Waals surface area contributed by atoms with Crippen molar-refractivity contribution in [3.8, 4) is 0 Å². The summed E-state index contributed by atoms with van der Waals surface area (Å²) in [5, 5.41) is 10.8. The van der Waals surface area contributed by atoms with E-state index in [1.54, 1.807) is 0 Å². The van der Waals surface area contributed by atoms with Gasteiger partial charge in [0.05, 0.1) is 6.10 Å². The molecule has 2 heteroatoms. The van der Waals surface area contributed by atoms with Gasteiger partial charge in [-0.3, -0.25) is 4.90 Å². The Balaban J connectivity index is 2.12. The third kappa shape index (κ3) is 3.42. The fraction of sp³-hybridized carbons (Fsp3) is 0.667. The number of aliphatic hydroxyl groups is 1. The monoisotopic (exact) mass is 275 g/mol. The summed E-state index contributed by atoms with van der Waals surface area (Å²) in [7, 11) is 0. The van der Waals surface area contributed by atoms with E-state index in [4.69, 9.17) is 0 Å². The molecule has 3 atom stereocenters. The molecule has 0 amide bonds. The van der Waals surface area contributed by atoms with E-state index in [1.807, 2.05) is 30.3 Å². The first-order chi connectivity index (χ1) is 9.50. The minimum Gasteiger partial charge on any atom is -0.387 e. The van der Waals surface area contributed by atoms with Crippen LogP contribution >= 0.6 is 0 Å². The first-order valence-corrected chi connectivity index (χ1v) is 7.97. The van der Waals surface area contributed by atoms with Crippen molar-refractivity contribution in [1.82, 2.24) is 4.90 Å². The maximum atomic E-state index is 10.8. The van der Waals surface area contributed by atoms with Crippen LogP contribution in [0.25, 0.3) is 0 Å². The molecule has 0 bridgehead atoms. The maximum Gasteiger partial charge on any atom is 0.0947 e. The number of benzene rings is 1. The molecule has 3 unspecified atom stereocenters. The van der Waals surface area contributed by atoms with Gasteiger partial charge in [0.1, 0.15) is 0 Å². The van der Waals surface area contributed by atoms with E-state index in [1.165, 1.54) is 6.42 Å². The van der Waals surface area contributed by atoms with Crippen molar-refractivity contribution in [2.24, 2.45) is 17.8 Å². The standard InChI is InChI=1S/C18H29NO/c1-13(2)16-10-11-19(12-16)17(14(3)4)18(20)15-8-6-5-7-9-15/h5-9,13-14,16-18,20H,10-12H2,1-4H3. The lowest BCUT2D eigenvalue weighted by Gasteiger charge is -2.35. The molecule has 0 radical (unpaired) electrons. The van der Waals surface area contributed by atoms with Crippen LogP contribution in [0.2, 0.25) is 0 Å². The quantitative estimate of drug-likeness (QED) is 0.885. The summed E-state index contributed by atoms with van der Waals surface area (Å²) in [5.41, 5.74) is 1.04. The van der Waals surface area contributed by atoms with Crippen LogP contribution < -0.4 is 0 Å². The van der Waals surface area contributed by atoms with Crippen LogP contribution in [-0.4, -0.2) is 29.1 Å². The summed E-state index contributed by atoms with van der Waals surface area (Å²) in [5.74, 6) is 1.97. The van der Waals surface area contributed by atoms with E-state index in [-0.39, 0.29) is 12.1 Å². The van der Waals surface area contributed by atoms with Gasteiger partial charge in [-0.05, 0) is 36.3 Å². The zero-order chi connectivity index (χ0) is 14.7. The van der Waals surface area contributed by atoms with Crippen LogP contribution in [-0.2, 0) is 0 Å². The molecule has 2 nitrogen and oxygen atoms in total. The smallest absolute Gasteiger partial charge is 0.0947 e. The lowest BCUT2D eigenvalue weighted by Crippen LogP contribution is -2.42. The summed E-state index contributed by atoms with van der Waals surface area (Å²) >= 11 is 0. The molecule has 0 spiro atoms. The summed E-state index contributed by atoms with van der Waals surface area (Å²) in [6.45, 7) is 11.3. The van der Waals surface area contributed by atoms with E-state index in [2.05, 4.69) is 32.6 Å². The number of rotatable bonds is 5. The molecule has 0 aromatic heterocycles. The predicted molar refractivity (Wildman–Crippen MR) is 84.5 cm³/mol. The van der Waals surface area contributed by atoms with Gasteiger partial charge >= 0.3 is 0 Å². The average molecular weight is 275 g/mol. The van der Waals surface area contributed by atoms with E-state index >= 15 is 0 Å². The molecule has 112 valence electrons. The van der Waals surface area contributed by atoms with Gasteiger partial charge in [0.2, 0.25) is 0 Å². The lowest BCUT2D eigenvalue weighted by atomic mass is 9.91. The first-order valence-electron chi connectivity index (χ1n) is 7.97. The van der Waals surface area contributed by atoms with Crippen molar-refractivity contribution in [1.29, 1.82) is 0 Å². The minimum absolute atomic E-state index is 0.223. The Morgan fingerprint density at radius 3 is 2.25 bits per heavy atom. The second-order valence-electron chi connectivity index (χ2n) is 6.88. The van der Waals surface area contributed by atoms with Crippen LogP contribution in [0.15, 0.2) is 30.3 Å². The topological polar surface area (TPSA) is 23.5 Å². The molecule has 1 aliphatic rings. The highest BCUT2D eigenvalue weighted by Gasteiger charge is 2.35. The Bertz CT molecular complexity index is 401. The number of aliphatic hydroxyl groups excluding tert-OH is 1. The third-order valence-corrected chi connectivity index (χ3v) is 4.77. The molecule has 0 aliphatic carbocycles. The molecule has 0 saturated carbocycles. The highest BCUT2D eigenvalue weighted by atomic mass is 16.3. The SMILES string of the molecule is CC(C)C1CCN(C(C(C)C)C(O)c2ccccc2)C1. The van der Waals surface area contributed by atoms with Gasteiger partial charge in [0, 0.05) is 12.6 Å². The Morgan fingerprint density at radius 1 is 1.10 bits per heavy atom. The average Bonchev–Trinajstić information content (AvgIpc) is 2.89. The Labute approximate surface area is 123 Å². The van der Waals surface area contributed by atoms with Gasteiger partial charge in [-0.15, -0.1) is 0 Å². The van der Waals surface area contributed by atoms with Crippen LogP contribution in [0.1, 0.15) is 45.8 Å². The zero-order valence-electron chi connectivity index (χ0n) is 13.3. The minimum atomic E-state index is -0.387. The van der Waals surface area contributed by atoms with Crippen molar-refractivity contribution >= 4 is 0 Å². The number of nitrogens with zero attached hydrogens (tertiary/aromatic N) is 1. The molecule has 1 heterocycles. The largest absolute Gasteiger partial charge is 0.387 e. The van der Waals surface area contributed by atoms with Crippen molar-refractivity contribution < 1.29 is 5.11 Å². The van der Waals surface area contributed by atoms with Crippen molar-refractivity contribution in [3.05, 3.63) is 35.9 Å². The number of hydrogen-bond acceptors (Lipinski definition) is 2. The highest BCUT2D eigenvalue weighted by Crippen LogP contribution is 2.32. The summed E-state index contributed by atoms with van der Waals surface area (Å²) < 4.78 is 0. The summed E-state index contributed by atoms with van der Waals surface area (Å²) in [6.07, 6.45) is 0.879. The molecule has 1 aromatic rings.